The summed E-state index contributed by atoms with van der Waals surface area (Å²) in [5, 5.41) is 8.83. The summed E-state index contributed by atoms with van der Waals surface area (Å²) in [4.78, 5) is 2.43. The Labute approximate surface area is 152 Å². The number of rotatable bonds is 3. The van der Waals surface area contributed by atoms with Gasteiger partial charge in [0.25, 0.3) is 0 Å². The van der Waals surface area contributed by atoms with Crippen LogP contribution in [-0.4, -0.2) is 11.4 Å². The number of hydrogen-bond acceptors (Lipinski definition) is 3. The molecule has 2 aromatic rings. The van der Waals surface area contributed by atoms with E-state index in [4.69, 9.17) is 23.2 Å². The van der Waals surface area contributed by atoms with Crippen molar-refractivity contribution >= 4 is 34.6 Å². The number of allylic oxidation sites excluding steroid dienone is 1. The minimum Gasteiger partial charge on any atom is -0.365 e. The Kier molecular flexibility index (Phi) is 4.17. The molecule has 4 rings (SSSR count). The second kappa shape index (κ2) is 6.32. The van der Waals surface area contributed by atoms with Gasteiger partial charge in [0.2, 0.25) is 0 Å². The minimum absolute atomic E-state index is 0.101. The van der Waals surface area contributed by atoms with Gasteiger partial charge in [-0.3, -0.25) is 4.90 Å². The smallest absolute Gasteiger partial charge is 0.110 e. The van der Waals surface area contributed by atoms with Crippen molar-refractivity contribution in [1.82, 2.24) is 4.90 Å². The molecule has 2 aliphatic heterocycles. The molecule has 0 saturated carbocycles. The fourth-order valence-electron chi connectivity index (χ4n) is 3.55. The molecule has 0 radical (unpaired) electrons. The fourth-order valence-corrected chi connectivity index (χ4v) is 3.91. The molecule has 0 fully saturated rings. The fraction of sp³-hybridized carbons (Fsp3) is 0.263. The van der Waals surface area contributed by atoms with E-state index in [9.17, 15) is 0 Å². The molecule has 2 heterocycles. The first-order valence-corrected chi connectivity index (χ1v) is 8.92. The van der Waals surface area contributed by atoms with Crippen molar-refractivity contribution in [3.8, 4) is 0 Å². The average Bonchev–Trinajstić information content (AvgIpc) is 2.57. The third kappa shape index (κ3) is 2.67. The molecule has 3 nitrogen and oxygen atoms in total. The van der Waals surface area contributed by atoms with Gasteiger partial charge in [-0.15, -0.1) is 0 Å². The Balaban J connectivity index is 1.79. The molecule has 0 aromatic heterocycles. The summed E-state index contributed by atoms with van der Waals surface area (Å²) in [5.41, 5.74) is 4.60. The third-order valence-electron chi connectivity index (χ3n) is 4.65. The van der Waals surface area contributed by atoms with Gasteiger partial charge in [-0.2, -0.15) is 0 Å². The number of anilines is 2. The van der Waals surface area contributed by atoms with E-state index in [1.165, 1.54) is 11.1 Å². The number of fused-ring (bicyclic) bond motifs is 6. The van der Waals surface area contributed by atoms with Crippen LogP contribution < -0.4 is 10.6 Å². The summed E-state index contributed by atoms with van der Waals surface area (Å²) in [7, 11) is 0. The predicted molar refractivity (Wildman–Crippen MR) is 102 cm³/mol. The van der Waals surface area contributed by atoms with E-state index in [0.29, 0.717) is 0 Å². The summed E-state index contributed by atoms with van der Waals surface area (Å²) in [6.07, 6.45) is 5.49. The summed E-state index contributed by atoms with van der Waals surface area (Å²) in [6, 6.07) is 12.0. The van der Waals surface area contributed by atoms with Crippen molar-refractivity contribution in [3.05, 3.63) is 69.7 Å². The molecule has 124 valence electrons. The number of benzene rings is 2. The molecule has 2 bridgehead atoms. The van der Waals surface area contributed by atoms with Gasteiger partial charge in [0, 0.05) is 39.1 Å². The van der Waals surface area contributed by atoms with Gasteiger partial charge in [-0.25, -0.2) is 0 Å². The Morgan fingerprint density at radius 2 is 1.50 bits per heavy atom. The van der Waals surface area contributed by atoms with Gasteiger partial charge in [-0.05, 0) is 49.7 Å². The summed E-state index contributed by atoms with van der Waals surface area (Å²) in [6.45, 7) is 3.00. The highest BCUT2D eigenvalue weighted by molar-refractivity contribution is 6.31. The lowest BCUT2D eigenvalue weighted by molar-refractivity contribution is 0.150. The first-order valence-electron chi connectivity index (χ1n) is 8.16. The predicted octanol–water partition coefficient (Wildman–Crippen LogP) is 5.81. The van der Waals surface area contributed by atoms with Crippen LogP contribution >= 0.6 is 23.2 Å². The van der Waals surface area contributed by atoms with E-state index in [-0.39, 0.29) is 12.3 Å². The van der Waals surface area contributed by atoms with Crippen molar-refractivity contribution in [1.29, 1.82) is 0 Å². The third-order valence-corrected chi connectivity index (χ3v) is 5.12. The van der Waals surface area contributed by atoms with Crippen LogP contribution in [0.5, 0.6) is 0 Å². The second-order valence-corrected chi connectivity index (χ2v) is 7.03. The second-order valence-electron chi connectivity index (χ2n) is 6.15. The average molecular weight is 360 g/mol. The highest BCUT2D eigenvalue weighted by atomic mass is 35.5. The van der Waals surface area contributed by atoms with Gasteiger partial charge in [-0.1, -0.05) is 35.4 Å². The van der Waals surface area contributed by atoms with Gasteiger partial charge >= 0.3 is 0 Å². The van der Waals surface area contributed by atoms with Gasteiger partial charge in [0.05, 0.1) is 0 Å². The molecule has 24 heavy (non-hydrogen) atoms. The van der Waals surface area contributed by atoms with Gasteiger partial charge in [0.15, 0.2) is 0 Å². The Bertz CT molecular complexity index is 744. The van der Waals surface area contributed by atoms with Crippen LogP contribution in [0.4, 0.5) is 11.4 Å². The highest BCUT2D eigenvalue weighted by Crippen LogP contribution is 2.47. The summed E-state index contributed by atoms with van der Waals surface area (Å²) in [5.74, 6) is 0. The molecule has 2 N–H and O–H groups in total. The number of nitrogens with zero attached hydrogens (tertiary/aromatic N) is 1. The SMILES string of the molecule is C/C=C/CCN1[C@H]2Nc3ccc(Cl)cc3[C@@H]1Nc1ccc(Cl)cc12. The molecular weight excluding hydrogens is 341 g/mol. The molecule has 0 aliphatic carbocycles. The van der Waals surface area contributed by atoms with E-state index >= 15 is 0 Å². The lowest BCUT2D eigenvalue weighted by Gasteiger charge is -2.49. The molecule has 5 heteroatoms. The van der Waals surface area contributed by atoms with E-state index in [0.717, 1.165) is 34.4 Å². The molecular formula is C19H19Cl2N3. The number of hydrogen-bond donors (Lipinski definition) is 2. The van der Waals surface area contributed by atoms with Crippen LogP contribution in [0.1, 0.15) is 36.8 Å². The topological polar surface area (TPSA) is 27.3 Å². The summed E-state index contributed by atoms with van der Waals surface area (Å²) >= 11 is 12.5. The Hall–Kier alpha value is -1.68. The molecule has 2 atom stereocenters. The zero-order valence-corrected chi connectivity index (χ0v) is 14.9. The molecule has 2 aromatic carbocycles. The highest BCUT2D eigenvalue weighted by Gasteiger charge is 2.39. The zero-order chi connectivity index (χ0) is 16.7. The monoisotopic (exact) mass is 359 g/mol. The maximum Gasteiger partial charge on any atom is 0.110 e. The molecule has 0 amide bonds. The maximum absolute atomic E-state index is 6.25. The first-order chi connectivity index (χ1) is 11.7. The molecule has 0 unspecified atom stereocenters. The Morgan fingerprint density at radius 3 is 2.00 bits per heavy atom. The van der Waals surface area contributed by atoms with Crippen molar-refractivity contribution in [3.63, 3.8) is 0 Å². The normalized spacial score (nSPS) is 21.8. The number of nitrogens with one attached hydrogen (secondary N) is 2. The van der Waals surface area contributed by atoms with Crippen molar-refractivity contribution in [2.75, 3.05) is 17.2 Å². The molecule has 0 spiro atoms. The standard InChI is InChI=1S/C19H19Cl2N3/c1-2-3-4-9-24-18-14-10-12(20)5-7-16(14)22-19(24)15-11-13(21)6-8-17(15)23-18/h2-3,5-8,10-11,18-19,22-23H,4,9H2,1H3/b3-2+/t18-,19-/m1/s1. The van der Waals surface area contributed by atoms with Crippen molar-refractivity contribution in [2.24, 2.45) is 0 Å². The lowest BCUT2D eigenvalue weighted by atomic mass is 9.96. The van der Waals surface area contributed by atoms with Crippen molar-refractivity contribution in [2.45, 2.75) is 25.7 Å². The molecule has 2 aliphatic rings. The zero-order valence-electron chi connectivity index (χ0n) is 13.4. The van der Waals surface area contributed by atoms with E-state index in [1.54, 1.807) is 0 Å². The van der Waals surface area contributed by atoms with Crippen LogP contribution in [0.2, 0.25) is 10.0 Å². The van der Waals surface area contributed by atoms with E-state index in [1.807, 2.05) is 24.3 Å². The van der Waals surface area contributed by atoms with Crippen LogP contribution in [0.3, 0.4) is 0 Å². The van der Waals surface area contributed by atoms with Gasteiger partial charge < -0.3 is 10.6 Å². The minimum atomic E-state index is 0.101. The van der Waals surface area contributed by atoms with Crippen LogP contribution in [-0.2, 0) is 0 Å². The lowest BCUT2D eigenvalue weighted by Crippen LogP contribution is -2.47. The van der Waals surface area contributed by atoms with Gasteiger partial charge in [0.1, 0.15) is 12.3 Å². The summed E-state index contributed by atoms with van der Waals surface area (Å²) < 4.78 is 0. The molecule has 0 saturated heterocycles. The van der Waals surface area contributed by atoms with Crippen molar-refractivity contribution < 1.29 is 0 Å². The first kappa shape index (κ1) is 15.8. The van der Waals surface area contributed by atoms with E-state index in [2.05, 4.69) is 46.7 Å². The largest absolute Gasteiger partial charge is 0.365 e. The maximum atomic E-state index is 6.25. The van der Waals surface area contributed by atoms with Crippen LogP contribution in [0.15, 0.2) is 48.6 Å². The number of halogens is 2. The van der Waals surface area contributed by atoms with Crippen LogP contribution in [0.25, 0.3) is 0 Å². The Morgan fingerprint density at radius 1 is 0.958 bits per heavy atom. The van der Waals surface area contributed by atoms with E-state index < -0.39 is 0 Å². The van der Waals surface area contributed by atoms with Crippen LogP contribution in [0, 0.1) is 0 Å². The quantitative estimate of drug-likeness (QED) is 0.677.